The first kappa shape index (κ1) is 24.5. The minimum absolute atomic E-state index is 0.225. The minimum atomic E-state index is -0.934. The van der Waals surface area contributed by atoms with Crippen LogP contribution in [0.1, 0.15) is 48.2 Å². The molecule has 34 heavy (non-hydrogen) atoms. The second kappa shape index (κ2) is 10.7. The molecule has 2 bridgehead atoms. The fourth-order valence-corrected chi connectivity index (χ4v) is 5.43. The third kappa shape index (κ3) is 5.19. The van der Waals surface area contributed by atoms with Gasteiger partial charge in [-0.25, -0.2) is 4.79 Å². The van der Waals surface area contributed by atoms with Crippen LogP contribution in [0.3, 0.4) is 0 Å². The maximum Gasteiger partial charge on any atom is 0.335 e. The quantitative estimate of drug-likeness (QED) is 0.504. The van der Waals surface area contributed by atoms with Crippen molar-refractivity contribution >= 4 is 28.5 Å². The van der Waals surface area contributed by atoms with Gasteiger partial charge in [-0.1, -0.05) is 24.9 Å². The largest absolute Gasteiger partial charge is 0.497 e. The monoisotopic (exact) mass is 482 g/mol. The van der Waals surface area contributed by atoms with Crippen molar-refractivity contribution in [2.45, 2.75) is 38.3 Å². The summed E-state index contributed by atoms with van der Waals surface area (Å²) in [4.78, 5) is 17.2. The average molecular weight is 483 g/mol. The Balaban J connectivity index is 0.000000231. The van der Waals surface area contributed by atoms with Crippen LogP contribution in [0.15, 0.2) is 54.7 Å². The van der Waals surface area contributed by atoms with Crippen LogP contribution in [0.5, 0.6) is 5.75 Å². The van der Waals surface area contributed by atoms with Crippen LogP contribution in [-0.4, -0.2) is 52.3 Å². The van der Waals surface area contributed by atoms with E-state index in [1.165, 1.54) is 25.0 Å². The number of benzene rings is 2. The third-order valence-electron chi connectivity index (χ3n) is 7.22. The number of pyridine rings is 1. The number of hydrogen-bond acceptors (Lipinski definition) is 5. The molecule has 3 aliphatic heterocycles. The Morgan fingerprint density at radius 3 is 2.62 bits per heavy atom. The number of fused-ring (bicyclic) bond motifs is 4. The summed E-state index contributed by atoms with van der Waals surface area (Å²) in [6.45, 7) is 4.55. The number of carboxylic acids is 1. The van der Waals surface area contributed by atoms with Crippen molar-refractivity contribution in [2.24, 2.45) is 11.8 Å². The van der Waals surface area contributed by atoms with Crippen LogP contribution in [0.25, 0.3) is 10.9 Å². The van der Waals surface area contributed by atoms with Gasteiger partial charge in [0.2, 0.25) is 0 Å². The topological polar surface area (TPSA) is 82.9 Å². The van der Waals surface area contributed by atoms with Crippen molar-refractivity contribution in [1.82, 2.24) is 9.88 Å². The molecule has 1 aromatic heterocycles. The van der Waals surface area contributed by atoms with Gasteiger partial charge in [-0.2, -0.15) is 0 Å². The Morgan fingerprint density at radius 1 is 1.24 bits per heavy atom. The van der Waals surface area contributed by atoms with Gasteiger partial charge in [0, 0.05) is 29.2 Å². The number of aliphatic hydroxyl groups excluding tert-OH is 1. The molecular formula is C27H31ClN2O4. The second-order valence-electron chi connectivity index (χ2n) is 9.06. The number of carboxylic acid groups (broad SMARTS) is 1. The number of aliphatic hydroxyl groups is 1. The molecule has 3 fully saturated rings. The Kier molecular flexibility index (Phi) is 7.71. The summed E-state index contributed by atoms with van der Waals surface area (Å²) in [5.74, 6) is 1.44. The first-order valence-electron chi connectivity index (χ1n) is 11.7. The molecule has 6 rings (SSSR count). The zero-order chi connectivity index (χ0) is 24.2. The number of hydrogen-bond donors (Lipinski definition) is 2. The molecule has 1 unspecified atom stereocenters. The van der Waals surface area contributed by atoms with E-state index >= 15 is 0 Å². The van der Waals surface area contributed by atoms with Gasteiger partial charge in [0.05, 0.1) is 24.3 Å². The van der Waals surface area contributed by atoms with E-state index in [-0.39, 0.29) is 11.6 Å². The van der Waals surface area contributed by atoms with Crippen LogP contribution < -0.4 is 4.74 Å². The lowest BCUT2D eigenvalue weighted by molar-refractivity contribution is -0.0562. The van der Waals surface area contributed by atoms with Crippen LogP contribution in [0.4, 0.5) is 0 Å². The molecule has 4 heterocycles. The van der Waals surface area contributed by atoms with Gasteiger partial charge in [0.1, 0.15) is 5.75 Å². The van der Waals surface area contributed by atoms with Crippen LogP contribution >= 0.6 is 11.6 Å². The highest BCUT2D eigenvalue weighted by Crippen LogP contribution is 2.42. The van der Waals surface area contributed by atoms with E-state index in [9.17, 15) is 9.90 Å². The summed E-state index contributed by atoms with van der Waals surface area (Å²) >= 11 is 5.52. The molecule has 7 heteroatoms. The zero-order valence-electron chi connectivity index (χ0n) is 19.5. The fourth-order valence-electron chi connectivity index (χ4n) is 5.30. The summed E-state index contributed by atoms with van der Waals surface area (Å²) in [6.07, 6.45) is 4.97. The summed E-state index contributed by atoms with van der Waals surface area (Å²) in [5.41, 5.74) is 2.14. The number of aromatic nitrogens is 1. The number of nitrogens with zero attached hydrogens (tertiary/aromatic N) is 2. The molecule has 2 N–H and O–H groups in total. The number of methoxy groups -OCH3 is 1. The third-order valence-corrected chi connectivity index (χ3v) is 7.47. The average Bonchev–Trinajstić information content (AvgIpc) is 2.88. The van der Waals surface area contributed by atoms with E-state index in [0.29, 0.717) is 5.02 Å². The number of carbonyl (C=O) groups is 1. The van der Waals surface area contributed by atoms with Gasteiger partial charge in [0.25, 0.3) is 0 Å². The maximum atomic E-state index is 11.2. The highest BCUT2D eigenvalue weighted by Gasteiger charge is 2.42. The van der Waals surface area contributed by atoms with Crippen molar-refractivity contribution in [3.8, 4) is 5.75 Å². The van der Waals surface area contributed by atoms with Gasteiger partial charge in [-0.15, -0.1) is 0 Å². The smallest absolute Gasteiger partial charge is 0.335 e. The SMILES string of the molecule is CC[C@H]1CN2CC[C@H]1C[C@H]2[C@H](O)c1ccnc2ccc(OC)cc12.O=C(O)c1ccc(Cl)cc1. The molecule has 3 aromatic rings. The summed E-state index contributed by atoms with van der Waals surface area (Å²) in [6, 6.07) is 14.1. The highest BCUT2D eigenvalue weighted by molar-refractivity contribution is 6.30. The molecule has 5 atom stereocenters. The summed E-state index contributed by atoms with van der Waals surface area (Å²) in [5, 5.41) is 21.2. The second-order valence-corrected chi connectivity index (χ2v) is 9.49. The molecule has 6 nitrogen and oxygen atoms in total. The number of piperidine rings is 3. The molecule has 0 saturated carbocycles. The first-order valence-corrected chi connectivity index (χ1v) is 12.1. The van der Waals surface area contributed by atoms with Crippen molar-refractivity contribution in [1.29, 1.82) is 0 Å². The molecule has 3 saturated heterocycles. The predicted octanol–water partition coefficient (Wildman–Crippen LogP) is 5.44. The molecule has 0 radical (unpaired) electrons. The molecule has 0 amide bonds. The Bertz CT molecular complexity index is 1140. The summed E-state index contributed by atoms with van der Waals surface area (Å²) in [7, 11) is 1.67. The van der Waals surface area contributed by atoms with E-state index < -0.39 is 12.1 Å². The first-order chi connectivity index (χ1) is 16.4. The van der Waals surface area contributed by atoms with E-state index in [0.717, 1.165) is 53.6 Å². The Hall–Kier alpha value is -2.67. The normalized spacial score (nSPS) is 24.2. The van der Waals surface area contributed by atoms with Crippen LogP contribution in [0.2, 0.25) is 5.02 Å². The van der Waals surface area contributed by atoms with Gasteiger partial charge < -0.3 is 14.9 Å². The molecule has 2 aromatic carbocycles. The predicted molar refractivity (Wildman–Crippen MR) is 134 cm³/mol. The lowest BCUT2D eigenvalue weighted by atomic mass is 9.72. The number of rotatable bonds is 5. The van der Waals surface area contributed by atoms with E-state index in [1.54, 1.807) is 25.4 Å². The lowest BCUT2D eigenvalue weighted by Gasteiger charge is -2.51. The molecule has 0 aliphatic carbocycles. The lowest BCUT2D eigenvalue weighted by Crippen LogP contribution is -2.55. The Labute approximate surface area is 205 Å². The molecular weight excluding hydrogens is 452 g/mol. The van der Waals surface area contributed by atoms with Crippen molar-refractivity contribution < 1.29 is 19.7 Å². The van der Waals surface area contributed by atoms with Gasteiger partial charge in [-0.3, -0.25) is 9.88 Å². The number of ether oxygens (including phenoxy) is 1. The standard InChI is InChI=1S/C20H26N2O2.C7H5ClO2/c1-3-13-12-22-9-7-14(13)10-19(22)20(23)16-6-8-21-18-5-4-15(24-2)11-17(16)18;8-6-3-1-5(2-4-6)7(9)10/h4-6,8,11,13-14,19-20,23H,3,7,9-10,12H2,1-2H3;1-4H,(H,9,10)/t13-,14-,19-,20+;/m0./s1. The number of aromatic carboxylic acids is 1. The van der Waals surface area contributed by atoms with Crippen molar-refractivity contribution in [2.75, 3.05) is 20.2 Å². The minimum Gasteiger partial charge on any atom is -0.497 e. The van der Waals surface area contributed by atoms with E-state index in [2.05, 4.69) is 16.8 Å². The van der Waals surface area contributed by atoms with E-state index in [1.807, 2.05) is 24.3 Å². The van der Waals surface area contributed by atoms with Crippen LogP contribution in [-0.2, 0) is 0 Å². The zero-order valence-corrected chi connectivity index (χ0v) is 20.3. The number of halogens is 1. The van der Waals surface area contributed by atoms with Crippen LogP contribution in [0, 0.1) is 11.8 Å². The van der Waals surface area contributed by atoms with Gasteiger partial charge in [-0.05, 0) is 85.3 Å². The molecule has 3 aliphatic rings. The molecule has 180 valence electrons. The summed E-state index contributed by atoms with van der Waals surface area (Å²) < 4.78 is 5.36. The maximum absolute atomic E-state index is 11.2. The van der Waals surface area contributed by atoms with Crippen molar-refractivity contribution in [3.63, 3.8) is 0 Å². The Morgan fingerprint density at radius 2 is 2.00 bits per heavy atom. The van der Waals surface area contributed by atoms with E-state index in [4.69, 9.17) is 21.4 Å². The fraction of sp³-hybridized carbons (Fsp3) is 0.407. The van der Waals surface area contributed by atoms with Gasteiger partial charge >= 0.3 is 5.97 Å². The molecule has 0 spiro atoms. The van der Waals surface area contributed by atoms with Crippen molar-refractivity contribution in [3.05, 3.63) is 70.9 Å². The highest BCUT2D eigenvalue weighted by atomic mass is 35.5. The van der Waals surface area contributed by atoms with Gasteiger partial charge in [0.15, 0.2) is 0 Å².